The van der Waals surface area contributed by atoms with Crippen LogP contribution < -0.4 is 5.32 Å². The van der Waals surface area contributed by atoms with E-state index in [0.717, 1.165) is 30.4 Å². The van der Waals surface area contributed by atoms with E-state index in [9.17, 15) is 4.79 Å². The van der Waals surface area contributed by atoms with Crippen LogP contribution >= 0.6 is 0 Å². The van der Waals surface area contributed by atoms with Gasteiger partial charge in [-0.25, -0.2) is 0 Å². The Kier molecular flexibility index (Phi) is 4.19. The zero-order valence-electron chi connectivity index (χ0n) is 11.0. The number of hydrogen-bond donors (Lipinski definition) is 1. The summed E-state index contributed by atoms with van der Waals surface area (Å²) in [6.45, 7) is 6.44. The lowest BCUT2D eigenvalue weighted by Crippen LogP contribution is -2.26. The Balaban J connectivity index is 2.05. The van der Waals surface area contributed by atoms with Crippen LogP contribution in [0, 0.1) is 5.92 Å². The molecule has 2 heteroatoms. The molecule has 0 saturated heterocycles. The molecule has 0 bridgehead atoms. The van der Waals surface area contributed by atoms with Crippen LogP contribution in [-0.4, -0.2) is 12.3 Å². The second-order valence-corrected chi connectivity index (χ2v) is 5.31. The molecule has 1 saturated carbocycles. The topological polar surface area (TPSA) is 29.1 Å². The molecule has 0 spiro atoms. The second-order valence-electron chi connectivity index (χ2n) is 5.31. The molecule has 1 aliphatic rings. The van der Waals surface area contributed by atoms with Crippen LogP contribution in [0.1, 0.15) is 43.0 Å². The van der Waals surface area contributed by atoms with Gasteiger partial charge in [-0.3, -0.25) is 4.79 Å². The van der Waals surface area contributed by atoms with Crippen LogP contribution in [0.5, 0.6) is 0 Å². The predicted molar refractivity (Wildman–Crippen MR) is 76.0 cm³/mol. The largest absolute Gasteiger partial charge is 0.382 e. The summed E-state index contributed by atoms with van der Waals surface area (Å²) in [6.07, 6.45) is 5.59. The minimum Gasteiger partial charge on any atom is -0.382 e. The van der Waals surface area contributed by atoms with Gasteiger partial charge >= 0.3 is 0 Å². The first-order chi connectivity index (χ1) is 8.69. The maximum atomic E-state index is 10.6. The average molecular weight is 243 g/mol. The number of aldehydes is 1. The lowest BCUT2D eigenvalue weighted by Gasteiger charge is -2.24. The Labute approximate surface area is 109 Å². The zero-order valence-corrected chi connectivity index (χ0v) is 11.0. The van der Waals surface area contributed by atoms with Crippen molar-refractivity contribution in [1.82, 2.24) is 0 Å². The first-order valence-corrected chi connectivity index (χ1v) is 6.67. The van der Waals surface area contributed by atoms with E-state index in [-0.39, 0.29) is 0 Å². The number of rotatable bonds is 3. The second kappa shape index (κ2) is 5.85. The van der Waals surface area contributed by atoms with Crippen LogP contribution in [0.25, 0.3) is 0 Å². The molecule has 0 amide bonds. The molecule has 0 aliphatic heterocycles. The van der Waals surface area contributed by atoms with E-state index in [4.69, 9.17) is 0 Å². The van der Waals surface area contributed by atoms with Crippen molar-refractivity contribution in [3.63, 3.8) is 0 Å². The smallest absolute Gasteiger partial charge is 0.150 e. The van der Waals surface area contributed by atoms with E-state index in [2.05, 4.69) is 18.8 Å². The molecule has 0 radical (unpaired) electrons. The lowest BCUT2D eigenvalue weighted by atomic mass is 9.96. The Morgan fingerprint density at radius 3 is 2.72 bits per heavy atom. The maximum Gasteiger partial charge on any atom is 0.150 e. The Morgan fingerprint density at radius 1 is 1.33 bits per heavy atom. The summed E-state index contributed by atoms with van der Waals surface area (Å²) in [5.74, 6) is 0.662. The fraction of sp³-hybridized carbons (Fsp3) is 0.438. The molecular formula is C16H21NO. The summed E-state index contributed by atoms with van der Waals surface area (Å²) in [5, 5.41) is 3.58. The number of carbonyl (C=O) groups excluding carboxylic acids is 1. The molecule has 1 aromatic carbocycles. The van der Waals surface area contributed by atoms with Gasteiger partial charge in [-0.1, -0.05) is 19.1 Å². The first kappa shape index (κ1) is 12.9. The van der Waals surface area contributed by atoms with Crippen molar-refractivity contribution < 1.29 is 4.79 Å². The van der Waals surface area contributed by atoms with Gasteiger partial charge in [-0.05, 0) is 55.9 Å². The standard InChI is InChI=1S/C16H21NO/c1-12-4-3-5-13(2)16(10-12)17-15-8-6-14(11-18)7-9-15/h6-9,11,13,16-17H,1,3-5,10H2,2H3. The van der Waals surface area contributed by atoms with E-state index >= 15 is 0 Å². The van der Waals surface area contributed by atoms with Crippen LogP contribution in [0.2, 0.25) is 0 Å². The van der Waals surface area contributed by atoms with Crippen molar-refractivity contribution in [3.8, 4) is 0 Å². The molecule has 1 aromatic rings. The number of nitrogens with one attached hydrogen (secondary N) is 1. The zero-order chi connectivity index (χ0) is 13.0. The highest BCUT2D eigenvalue weighted by Crippen LogP contribution is 2.28. The Bertz CT molecular complexity index is 421. The number of hydrogen-bond acceptors (Lipinski definition) is 2. The van der Waals surface area contributed by atoms with E-state index in [0.29, 0.717) is 12.0 Å². The van der Waals surface area contributed by atoms with Crippen molar-refractivity contribution >= 4 is 12.0 Å². The third-order valence-corrected chi connectivity index (χ3v) is 3.78. The van der Waals surface area contributed by atoms with Gasteiger partial charge in [0.25, 0.3) is 0 Å². The molecule has 0 aromatic heterocycles. The molecule has 18 heavy (non-hydrogen) atoms. The molecule has 1 N–H and O–H groups in total. The summed E-state index contributed by atoms with van der Waals surface area (Å²) < 4.78 is 0. The summed E-state index contributed by atoms with van der Waals surface area (Å²) in [6, 6.07) is 8.12. The Hall–Kier alpha value is -1.57. The first-order valence-electron chi connectivity index (χ1n) is 6.67. The highest BCUT2D eigenvalue weighted by Gasteiger charge is 2.21. The monoisotopic (exact) mass is 243 g/mol. The molecular weight excluding hydrogens is 222 g/mol. The molecule has 1 fully saturated rings. The van der Waals surface area contributed by atoms with Crippen molar-refractivity contribution in [1.29, 1.82) is 0 Å². The van der Waals surface area contributed by atoms with E-state index in [1.54, 1.807) is 0 Å². The summed E-state index contributed by atoms with van der Waals surface area (Å²) in [7, 11) is 0. The van der Waals surface area contributed by atoms with Crippen molar-refractivity contribution in [2.24, 2.45) is 5.92 Å². The van der Waals surface area contributed by atoms with Gasteiger partial charge in [0.2, 0.25) is 0 Å². The molecule has 2 atom stereocenters. The van der Waals surface area contributed by atoms with Gasteiger partial charge in [-0.2, -0.15) is 0 Å². The highest BCUT2D eigenvalue weighted by atomic mass is 16.1. The van der Waals surface area contributed by atoms with Crippen LogP contribution in [0.15, 0.2) is 36.4 Å². The van der Waals surface area contributed by atoms with Gasteiger partial charge in [-0.15, -0.1) is 0 Å². The van der Waals surface area contributed by atoms with Gasteiger partial charge in [0.05, 0.1) is 0 Å². The number of carbonyl (C=O) groups is 1. The average Bonchev–Trinajstić information content (AvgIpc) is 2.53. The van der Waals surface area contributed by atoms with Crippen molar-refractivity contribution in [2.75, 3.05) is 5.32 Å². The predicted octanol–water partition coefficient (Wildman–Crippen LogP) is 4.05. The van der Waals surface area contributed by atoms with Crippen LogP contribution in [0.3, 0.4) is 0 Å². The fourth-order valence-electron chi connectivity index (χ4n) is 2.55. The van der Waals surface area contributed by atoms with Gasteiger partial charge < -0.3 is 5.32 Å². The minimum absolute atomic E-state index is 0.460. The summed E-state index contributed by atoms with van der Waals surface area (Å²) >= 11 is 0. The third-order valence-electron chi connectivity index (χ3n) is 3.78. The molecule has 2 nitrogen and oxygen atoms in total. The summed E-state index contributed by atoms with van der Waals surface area (Å²) in [4.78, 5) is 10.6. The normalized spacial score (nSPS) is 24.4. The SMILES string of the molecule is C=C1CCCC(C)C(Nc2ccc(C=O)cc2)C1. The van der Waals surface area contributed by atoms with E-state index < -0.39 is 0 Å². The van der Waals surface area contributed by atoms with Gasteiger partial charge in [0, 0.05) is 17.3 Å². The highest BCUT2D eigenvalue weighted by molar-refractivity contribution is 5.75. The minimum atomic E-state index is 0.460. The molecule has 96 valence electrons. The molecule has 1 aliphatic carbocycles. The Morgan fingerprint density at radius 2 is 2.06 bits per heavy atom. The van der Waals surface area contributed by atoms with Gasteiger partial charge in [0.1, 0.15) is 6.29 Å². The molecule has 0 heterocycles. The quantitative estimate of drug-likeness (QED) is 0.493. The lowest BCUT2D eigenvalue weighted by molar-refractivity contribution is 0.112. The fourth-order valence-corrected chi connectivity index (χ4v) is 2.55. The van der Waals surface area contributed by atoms with Gasteiger partial charge in [0.15, 0.2) is 0 Å². The van der Waals surface area contributed by atoms with Crippen LogP contribution in [0.4, 0.5) is 5.69 Å². The number of benzene rings is 1. The van der Waals surface area contributed by atoms with Crippen molar-refractivity contribution in [3.05, 3.63) is 42.0 Å². The van der Waals surface area contributed by atoms with E-state index in [1.165, 1.54) is 18.4 Å². The van der Waals surface area contributed by atoms with Crippen LogP contribution in [-0.2, 0) is 0 Å². The summed E-state index contributed by atoms with van der Waals surface area (Å²) in [5.41, 5.74) is 3.16. The molecule has 2 rings (SSSR count). The van der Waals surface area contributed by atoms with Crippen molar-refractivity contribution in [2.45, 2.75) is 38.6 Å². The number of anilines is 1. The molecule has 2 unspecified atom stereocenters. The maximum absolute atomic E-state index is 10.6. The van der Waals surface area contributed by atoms with E-state index in [1.807, 2.05) is 24.3 Å². The third kappa shape index (κ3) is 3.22.